The van der Waals surface area contributed by atoms with Gasteiger partial charge in [0.25, 0.3) is 5.91 Å². The predicted octanol–water partition coefficient (Wildman–Crippen LogP) is 1.64. The molecule has 0 radical (unpaired) electrons. The number of fused-ring (bicyclic) bond motifs is 1. The van der Waals surface area contributed by atoms with Gasteiger partial charge in [0.2, 0.25) is 5.91 Å². The molecule has 102 valence electrons. The summed E-state index contributed by atoms with van der Waals surface area (Å²) in [6.45, 7) is 0.721. The van der Waals surface area contributed by atoms with Crippen molar-refractivity contribution < 1.29 is 9.59 Å². The summed E-state index contributed by atoms with van der Waals surface area (Å²) in [6, 6.07) is 1.63. The third-order valence-electron chi connectivity index (χ3n) is 3.81. The van der Waals surface area contributed by atoms with Crippen molar-refractivity contribution in [1.29, 1.82) is 0 Å². The van der Waals surface area contributed by atoms with Crippen molar-refractivity contribution in [1.82, 2.24) is 10.6 Å². The minimum Gasteiger partial charge on any atom is -0.354 e. The van der Waals surface area contributed by atoms with Gasteiger partial charge in [0.15, 0.2) is 0 Å². The number of aryl methyl sites for hydroxylation is 2. The van der Waals surface area contributed by atoms with E-state index in [2.05, 4.69) is 10.6 Å². The van der Waals surface area contributed by atoms with E-state index in [4.69, 9.17) is 0 Å². The average molecular weight is 278 g/mol. The van der Waals surface area contributed by atoms with E-state index in [0.717, 1.165) is 43.5 Å². The van der Waals surface area contributed by atoms with Crippen LogP contribution in [-0.4, -0.2) is 24.4 Å². The lowest BCUT2D eigenvalue weighted by Crippen LogP contribution is -2.45. The maximum absolute atomic E-state index is 12.2. The summed E-state index contributed by atoms with van der Waals surface area (Å²) in [5.41, 5.74) is 1.32. The maximum atomic E-state index is 12.2. The zero-order chi connectivity index (χ0) is 13.2. The van der Waals surface area contributed by atoms with Crippen LogP contribution in [0.25, 0.3) is 0 Å². The molecule has 1 fully saturated rings. The van der Waals surface area contributed by atoms with E-state index >= 15 is 0 Å². The summed E-state index contributed by atoms with van der Waals surface area (Å²) in [5.74, 6) is -0.142. The molecule has 0 saturated carbocycles. The van der Waals surface area contributed by atoms with Crippen LogP contribution in [-0.2, 0) is 17.6 Å². The summed E-state index contributed by atoms with van der Waals surface area (Å²) in [6.07, 6.45) is 6.09. The Morgan fingerprint density at radius 2 is 2.21 bits per heavy atom. The number of thiophene rings is 1. The van der Waals surface area contributed by atoms with Gasteiger partial charge in [0, 0.05) is 11.4 Å². The SMILES string of the molecule is O=C(N[C@@H]1CCCCNC1=O)c1cc2c(s1)CCC2. The van der Waals surface area contributed by atoms with Crippen molar-refractivity contribution in [3.05, 3.63) is 21.4 Å². The number of hydrogen-bond donors (Lipinski definition) is 2. The fourth-order valence-corrected chi connectivity index (χ4v) is 3.90. The quantitative estimate of drug-likeness (QED) is 0.864. The Balaban J connectivity index is 1.68. The van der Waals surface area contributed by atoms with Gasteiger partial charge in [-0.25, -0.2) is 0 Å². The minimum atomic E-state index is -0.369. The minimum absolute atomic E-state index is 0.0463. The third-order valence-corrected chi connectivity index (χ3v) is 5.05. The van der Waals surface area contributed by atoms with E-state index in [-0.39, 0.29) is 17.9 Å². The number of hydrogen-bond acceptors (Lipinski definition) is 3. The molecular formula is C14H18N2O2S. The highest BCUT2D eigenvalue weighted by Crippen LogP contribution is 2.30. The van der Waals surface area contributed by atoms with Crippen LogP contribution >= 0.6 is 11.3 Å². The van der Waals surface area contributed by atoms with Gasteiger partial charge in [0.05, 0.1) is 4.88 Å². The fraction of sp³-hybridized carbons (Fsp3) is 0.571. The zero-order valence-corrected chi connectivity index (χ0v) is 11.6. The molecule has 1 aliphatic carbocycles. The summed E-state index contributed by atoms with van der Waals surface area (Å²) in [5, 5.41) is 5.71. The molecular weight excluding hydrogens is 260 g/mol. The first kappa shape index (κ1) is 12.7. The van der Waals surface area contributed by atoms with Gasteiger partial charge in [-0.05, 0) is 50.2 Å². The van der Waals surface area contributed by atoms with Crippen LogP contribution in [0.3, 0.4) is 0 Å². The molecule has 3 rings (SSSR count). The van der Waals surface area contributed by atoms with Gasteiger partial charge in [-0.15, -0.1) is 11.3 Å². The topological polar surface area (TPSA) is 58.2 Å². The first-order chi connectivity index (χ1) is 9.24. The van der Waals surface area contributed by atoms with Crippen molar-refractivity contribution in [3.8, 4) is 0 Å². The Morgan fingerprint density at radius 1 is 1.32 bits per heavy atom. The predicted molar refractivity (Wildman–Crippen MR) is 74.5 cm³/mol. The van der Waals surface area contributed by atoms with E-state index in [9.17, 15) is 9.59 Å². The largest absolute Gasteiger partial charge is 0.354 e. The second-order valence-corrected chi connectivity index (χ2v) is 6.36. The number of rotatable bonds is 2. The summed E-state index contributed by atoms with van der Waals surface area (Å²) in [4.78, 5) is 26.1. The number of carbonyl (C=O) groups is 2. The van der Waals surface area contributed by atoms with E-state index in [1.807, 2.05) is 6.07 Å². The third kappa shape index (κ3) is 2.66. The Hall–Kier alpha value is -1.36. The van der Waals surface area contributed by atoms with Crippen LogP contribution < -0.4 is 10.6 Å². The highest BCUT2D eigenvalue weighted by molar-refractivity contribution is 7.14. The lowest BCUT2D eigenvalue weighted by atomic mass is 10.1. The molecule has 19 heavy (non-hydrogen) atoms. The molecule has 0 bridgehead atoms. The van der Waals surface area contributed by atoms with Crippen LogP contribution in [0.4, 0.5) is 0 Å². The molecule has 2 N–H and O–H groups in total. The number of nitrogens with one attached hydrogen (secondary N) is 2. The van der Waals surface area contributed by atoms with Crippen molar-refractivity contribution >= 4 is 23.2 Å². The van der Waals surface area contributed by atoms with E-state index in [0.29, 0.717) is 0 Å². The molecule has 0 unspecified atom stereocenters. The van der Waals surface area contributed by atoms with E-state index in [1.54, 1.807) is 11.3 Å². The molecule has 2 amide bonds. The molecule has 1 aromatic rings. The van der Waals surface area contributed by atoms with Crippen molar-refractivity contribution in [2.45, 2.75) is 44.6 Å². The van der Waals surface area contributed by atoms with Gasteiger partial charge in [-0.2, -0.15) is 0 Å². The van der Waals surface area contributed by atoms with Crippen molar-refractivity contribution in [2.24, 2.45) is 0 Å². The molecule has 4 nitrogen and oxygen atoms in total. The van der Waals surface area contributed by atoms with Gasteiger partial charge >= 0.3 is 0 Å². The smallest absolute Gasteiger partial charge is 0.262 e. The maximum Gasteiger partial charge on any atom is 0.262 e. The van der Waals surface area contributed by atoms with Gasteiger partial charge in [0.1, 0.15) is 6.04 Å². The molecule has 5 heteroatoms. The Morgan fingerprint density at radius 3 is 3.05 bits per heavy atom. The first-order valence-electron chi connectivity index (χ1n) is 6.94. The van der Waals surface area contributed by atoms with E-state index < -0.39 is 0 Å². The van der Waals surface area contributed by atoms with Gasteiger partial charge < -0.3 is 10.6 Å². The number of carbonyl (C=O) groups excluding carboxylic acids is 2. The Bertz CT molecular complexity index is 488. The second kappa shape index (κ2) is 5.33. The van der Waals surface area contributed by atoms with Crippen LogP contribution in [0.2, 0.25) is 0 Å². The normalized spacial score (nSPS) is 22.5. The van der Waals surface area contributed by atoms with Crippen LogP contribution in [0.1, 0.15) is 45.8 Å². The van der Waals surface area contributed by atoms with E-state index in [1.165, 1.54) is 16.9 Å². The standard InChI is InChI=1S/C14H18N2O2S/c17-13-10(5-1-2-7-15-13)16-14(18)12-8-9-4-3-6-11(9)19-12/h8,10H,1-7H2,(H,15,17)(H,16,18)/t10-/m1/s1. The number of amides is 2. The lowest BCUT2D eigenvalue weighted by molar-refractivity contribution is -0.122. The summed E-state index contributed by atoms with van der Waals surface area (Å²) < 4.78 is 0. The van der Waals surface area contributed by atoms with Crippen molar-refractivity contribution in [2.75, 3.05) is 6.54 Å². The first-order valence-corrected chi connectivity index (χ1v) is 7.76. The molecule has 1 aliphatic heterocycles. The lowest BCUT2D eigenvalue weighted by Gasteiger charge is -2.14. The highest BCUT2D eigenvalue weighted by atomic mass is 32.1. The van der Waals surface area contributed by atoms with Crippen LogP contribution in [0, 0.1) is 0 Å². The molecule has 0 spiro atoms. The summed E-state index contributed by atoms with van der Waals surface area (Å²) in [7, 11) is 0. The molecule has 2 aliphatic rings. The van der Waals surface area contributed by atoms with Crippen molar-refractivity contribution in [3.63, 3.8) is 0 Å². The fourth-order valence-electron chi connectivity index (χ4n) is 2.75. The molecule has 2 heterocycles. The molecule has 1 aromatic heterocycles. The van der Waals surface area contributed by atoms with Gasteiger partial charge in [-0.1, -0.05) is 0 Å². The second-order valence-electron chi connectivity index (χ2n) is 5.23. The summed E-state index contributed by atoms with van der Waals surface area (Å²) >= 11 is 1.58. The molecule has 1 atom stereocenters. The van der Waals surface area contributed by atoms with Crippen LogP contribution in [0.5, 0.6) is 0 Å². The average Bonchev–Trinajstić information content (AvgIpc) is 2.91. The van der Waals surface area contributed by atoms with Gasteiger partial charge in [-0.3, -0.25) is 9.59 Å². The Kier molecular flexibility index (Phi) is 3.55. The molecule has 1 saturated heterocycles. The molecule has 0 aromatic carbocycles. The monoisotopic (exact) mass is 278 g/mol. The highest BCUT2D eigenvalue weighted by Gasteiger charge is 2.25. The van der Waals surface area contributed by atoms with Crippen LogP contribution in [0.15, 0.2) is 6.07 Å². The zero-order valence-electron chi connectivity index (χ0n) is 10.8. The Labute approximate surface area is 116 Å².